The lowest BCUT2D eigenvalue weighted by molar-refractivity contribution is -0.122. The van der Waals surface area contributed by atoms with Gasteiger partial charge in [0.05, 0.1) is 24.7 Å². The molecule has 3 aromatic heterocycles. The summed E-state index contributed by atoms with van der Waals surface area (Å²) in [6.07, 6.45) is 3.30. The van der Waals surface area contributed by atoms with Gasteiger partial charge in [0.2, 0.25) is 5.91 Å². The minimum atomic E-state index is -0.116. The van der Waals surface area contributed by atoms with Crippen molar-refractivity contribution in [2.45, 2.75) is 20.0 Å². The van der Waals surface area contributed by atoms with Gasteiger partial charge < -0.3 is 9.73 Å². The second-order valence-corrected chi connectivity index (χ2v) is 4.60. The number of rotatable bonds is 4. The lowest BCUT2D eigenvalue weighted by atomic mass is 10.4. The van der Waals surface area contributed by atoms with Crippen LogP contribution in [-0.2, 0) is 24.9 Å². The van der Waals surface area contributed by atoms with E-state index in [0.29, 0.717) is 6.54 Å². The van der Waals surface area contributed by atoms with Crippen LogP contribution in [0.4, 0.5) is 0 Å². The molecule has 0 atom stereocenters. The Bertz CT molecular complexity index is 738. The van der Waals surface area contributed by atoms with Gasteiger partial charge in [-0.15, -0.1) is 0 Å². The van der Waals surface area contributed by atoms with Gasteiger partial charge in [0.15, 0.2) is 0 Å². The van der Waals surface area contributed by atoms with Crippen molar-refractivity contribution in [1.29, 1.82) is 0 Å². The summed E-state index contributed by atoms with van der Waals surface area (Å²) in [4.78, 5) is 11.9. The molecule has 0 fully saturated rings. The number of carbonyl (C=O) groups excluding carboxylic acids is 1. The summed E-state index contributed by atoms with van der Waals surface area (Å²) in [7, 11) is 1.86. The van der Waals surface area contributed by atoms with E-state index in [0.717, 1.165) is 22.5 Å². The van der Waals surface area contributed by atoms with E-state index in [1.54, 1.807) is 27.9 Å². The summed E-state index contributed by atoms with van der Waals surface area (Å²) >= 11 is 0. The number of nitrogens with zero attached hydrogens (tertiary/aromatic N) is 4. The molecule has 20 heavy (non-hydrogen) atoms. The van der Waals surface area contributed by atoms with Crippen LogP contribution >= 0.6 is 0 Å². The lowest BCUT2D eigenvalue weighted by Gasteiger charge is -2.04. The zero-order chi connectivity index (χ0) is 14.1. The molecule has 0 saturated heterocycles. The van der Waals surface area contributed by atoms with Crippen LogP contribution < -0.4 is 5.32 Å². The second-order valence-electron chi connectivity index (χ2n) is 4.60. The van der Waals surface area contributed by atoms with E-state index < -0.39 is 0 Å². The average Bonchev–Trinajstić information content (AvgIpc) is 3.09. The maximum Gasteiger partial charge on any atom is 0.242 e. The number of aromatic nitrogens is 4. The molecule has 0 spiro atoms. The monoisotopic (exact) mass is 273 g/mol. The van der Waals surface area contributed by atoms with E-state index in [-0.39, 0.29) is 12.5 Å². The molecule has 0 aliphatic rings. The fourth-order valence-electron chi connectivity index (χ4n) is 2.22. The smallest absolute Gasteiger partial charge is 0.242 e. The molecule has 0 saturated carbocycles. The molecule has 7 heteroatoms. The number of fused-ring (bicyclic) bond motifs is 1. The predicted molar refractivity (Wildman–Crippen MR) is 71.8 cm³/mol. The molecule has 3 aromatic rings. The summed E-state index contributed by atoms with van der Waals surface area (Å²) < 4.78 is 8.58. The van der Waals surface area contributed by atoms with Crippen LogP contribution in [0.5, 0.6) is 0 Å². The summed E-state index contributed by atoms with van der Waals surface area (Å²) in [6.45, 7) is 2.44. The highest BCUT2D eigenvalue weighted by Gasteiger charge is 2.13. The molecule has 0 bridgehead atoms. The summed E-state index contributed by atoms with van der Waals surface area (Å²) in [5.74, 6) is 0.608. The third kappa shape index (κ3) is 2.18. The number of nitrogens with one attached hydrogen (secondary N) is 1. The van der Waals surface area contributed by atoms with Crippen LogP contribution in [0, 0.1) is 6.92 Å². The summed E-state index contributed by atoms with van der Waals surface area (Å²) in [5.41, 5.74) is 2.67. The van der Waals surface area contributed by atoms with Crippen LogP contribution in [0.3, 0.4) is 0 Å². The van der Waals surface area contributed by atoms with E-state index in [9.17, 15) is 4.79 Å². The van der Waals surface area contributed by atoms with Gasteiger partial charge >= 0.3 is 0 Å². The van der Waals surface area contributed by atoms with Crippen molar-refractivity contribution in [1.82, 2.24) is 24.9 Å². The predicted octanol–water partition coefficient (Wildman–Crippen LogP) is 0.988. The zero-order valence-corrected chi connectivity index (χ0v) is 11.3. The number of hydrogen-bond acceptors (Lipinski definition) is 4. The van der Waals surface area contributed by atoms with Gasteiger partial charge in [0.25, 0.3) is 0 Å². The van der Waals surface area contributed by atoms with E-state index in [4.69, 9.17) is 4.42 Å². The topological polar surface area (TPSA) is 77.9 Å². The van der Waals surface area contributed by atoms with Gasteiger partial charge in [-0.2, -0.15) is 10.2 Å². The van der Waals surface area contributed by atoms with Crippen molar-refractivity contribution in [3.63, 3.8) is 0 Å². The number of amides is 1. The first kappa shape index (κ1) is 12.5. The Labute approximate surface area is 115 Å². The third-order valence-electron chi connectivity index (χ3n) is 3.14. The van der Waals surface area contributed by atoms with Crippen LogP contribution in [0.25, 0.3) is 11.0 Å². The Hall–Kier alpha value is -2.57. The van der Waals surface area contributed by atoms with Crippen molar-refractivity contribution < 1.29 is 9.21 Å². The van der Waals surface area contributed by atoms with Gasteiger partial charge in [-0.1, -0.05) is 0 Å². The van der Waals surface area contributed by atoms with E-state index >= 15 is 0 Å². The molecule has 104 valence electrons. The van der Waals surface area contributed by atoms with Gasteiger partial charge in [0.1, 0.15) is 23.3 Å². The minimum absolute atomic E-state index is 0.116. The minimum Gasteiger partial charge on any atom is -0.467 e. The number of aryl methyl sites for hydroxylation is 2. The van der Waals surface area contributed by atoms with Gasteiger partial charge in [-0.25, -0.2) is 0 Å². The Morgan fingerprint density at radius 2 is 2.35 bits per heavy atom. The highest BCUT2D eigenvalue weighted by atomic mass is 16.3. The van der Waals surface area contributed by atoms with Crippen molar-refractivity contribution in [2.75, 3.05) is 0 Å². The Kier molecular flexibility index (Phi) is 3.02. The molecule has 1 amide bonds. The highest BCUT2D eigenvalue weighted by Crippen LogP contribution is 2.16. The quantitative estimate of drug-likeness (QED) is 0.769. The first-order valence-corrected chi connectivity index (χ1v) is 6.29. The maximum absolute atomic E-state index is 11.9. The summed E-state index contributed by atoms with van der Waals surface area (Å²) in [5, 5.41) is 11.3. The van der Waals surface area contributed by atoms with Gasteiger partial charge in [-0.05, 0) is 19.1 Å². The Morgan fingerprint density at radius 3 is 3.10 bits per heavy atom. The van der Waals surface area contributed by atoms with Crippen molar-refractivity contribution in [3.8, 4) is 0 Å². The van der Waals surface area contributed by atoms with Crippen molar-refractivity contribution in [3.05, 3.63) is 36.0 Å². The standard InChI is InChI=1S/C13H15N5O2/c1-9-13-11(17(2)16-9)7-15-18(13)8-12(19)14-6-10-4-3-5-20-10/h3-5,7H,6,8H2,1-2H3,(H,14,19). The number of hydrogen-bond donors (Lipinski definition) is 1. The van der Waals surface area contributed by atoms with Gasteiger partial charge in [-0.3, -0.25) is 14.2 Å². The Balaban J connectivity index is 1.71. The zero-order valence-electron chi connectivity index (χ0n) is 11.3. The molecule has 1 N–H and O–H groups in total. The fourth-order valence-corrected chi connectivity index (χ4v) is 2.22. The van der Waals surface area contributed by atoms with Crippen LogP contribution in [0.15, 0.2) is 29.0 Å². The molecular weight excluding hydrogens is 258 g/mol. The molecule has 0 aliphatic carbocycles. The second kappa shape index (κ2) is 4.84. The van der Waals surface area contributed by atoms with E-state index in [1.807, 2.05) is 20.0 Å². The lowest BCUT2D eigenvalue weighted by Crippen LogP contribution is -2.27. The third-order valence-corrected chi connectivity index (χ3v) is 3.14. The first-order chi connectivity index (χ1) is 9.65. The SMILES string of the molecule is Cc1nn(C)c2cnn(CC(=O)NCc3ccco3)c12. The van der Waals surface area contributed by atoms with E-state index in [2.05, 4.69) is 15.5 Å². The maximum atomic E-state index is 11.9. The average molecular weight is 273 g/mol. The first-order valence-electron chi connectivity index (χ1n) is 6.29. The number of furan rings is 1. The molecule has 0 aromatic carbocycles. The normalized spacial score (nSPS) is 11.1. The molecule has 3 heterocycles. The largest absolute Gasteiger partial charge is 0.467 e. The number of carbonyl (C=O) groups is 1. The van der Waals surface area contributed by atoms with Crippen molar-refractivity contribution in [2.24, 2.45) is 7.05 Å². The molecule has 0 aliphatic heterocycles. The van der Waals surface area contributed by atoms with Crippen LogP contribution in [0.2, 0.25) is 0 Å². The molecule has 3 rings (SSSR count). The fraction of sp³-hybridized carbons (Fsp3) is 0.308. The van der Waals surface area contributed by atoms with Crippen molar-refractivity contribution >= 4 is 16.9 Å². The molecule has 7 nitrogen and oxygen atoms in total. The molecular formula is C13H15N5O2. The summed E-state index contributed by atoms with van der Waals surface area (Å²) in [6, 6.07) is 3.61. The van der Waals surface area contributed by atoms with Gasteiger partial charge in [0, 0.05) is 7.05 Å². The van der Waals surface area contributed by atoms with Crippen LogP contribution in [-0.4, -0.2) is 25.5 Å². The van der Waals surface area contributed by atoms with Crippen LogP contribution in [0.1, 0.15) is 11.5 Å². The highest BCUT2D eigenvalue weighted by molar-refractivity contribution is 5.81. The molecule has 0 radical (unpaired) electrons. The van der Waals surface area contributed by atoms with E-state index in [1.165, 1.54) is 0 Å². The Morgan fingerprint density at radius 1 is 1.50 bits per heavy atom. The molecule has 0 unspecified atom stereocenters.